The Labute approximate surface area is 442 Å². The van der Waals surface area contributed by atoms with Crippen molar-refractivity contribution in [3.63, 3.8) is 0 Å². The first-order valence-electron chi connectivity index (χ1n) is 27.6. The molecule has 2 saturated carbocycles. The topological polar surface area (TPSA) is 352 Å². The second-order valence-electron chi connectivity index (χ2n) is 25.2. The van der Waals surface area contributed by atoms with Gasteiger partial charge in [0.1, 0.15) is 85.5 Å². The fraction of sp³-hybridized carbons (Fsp3) is 0.943. The number of hydrogen-bond acceptors (Lipinski definition) is 23. The lowest BCUT2D eigenvalue weighted by Gasteiger charge is -2.63. The van der Waals surface area contributed by atoms with E-state index in [2.05, 4.69) is 27.7 Å². The minimum absolute atomic E-state index is 0.0499. The maximum atomic E-state index is 12.7. The predicted octanol–water partition coefficient (Wildman–Crippen LogP) is -1.51. The Morgan fingerprint density at radius 2 is 1.26 bits per heavy atom. The second-order valence-corrected chi connectivity index (χ2v) is 25.2. The number of fused-ring (bicyclic) bond motifs is 5. The Morgan fingerprint density at radius 1 is 0.618 bits per heavy atom. The van der Waals surface area contributed by atoms with Crippen LogP contribution in [0.2, 0.25) is 0 Å². The van der Waals surface area contributed by atoms with Gasteiger partial charge < -0.3 is 109 Å². The first-order chi connectivity index (χ1) is 35.7. The molecule has 6 aliphatic heterocycles. The average molecular weight is 1090 g/mol. The van der Waals surface area contributed by atoms with E-state index in [-0.39, 0.29) is 46.6 Å². The number of hydrogen-bond donors (Lipinski definition) is 12. The highest BCUT2D eigenvalue weighted by atomic mass is 16.8. The van der Waals surface area contributed by atoms with Crippen LogP contribution < -0.4 is 0 Å². The molecule has 10 rings (SSSR count). The van der Waals surface area contributed by atoms with Crippen LogP contribution in [0, 0.1) is 39.4 Å². The molecule has 0 aromatic carbocycles. The van der Waals surface area contributed by atoms with Crippen molar-refractivity contribution in [1.82, 2.24) is 0 Å². The maximum Gasteiger partial charge on any atom is 0.311 e. The lowest BCUT2D eigenvalue weighted by molar-refractivity contribution is -0.390. The van der Waals surface area contributed by atoms with Gasteiger partial charge in [-0.1, -0.05) is 52.7 Å². The van der Waals surface area contributed by atoms with Crippen LogP contribution in [0.1, 0.15) is 113 Å². The molecule has 4 aliphatic carbocycles. The summed E-state index contributed by atoms with van der Waals surface area (Å²) in [6.07, 6.45) is -24.6. The molecular weight excluding hydrogens is 1000 g/mol. The number of carbonyl (C=O) groups is 1. The summed E-state index contributed by atoms with van der Waals surface area (Å²) in [5.74, 6) is -1.15. The van der Waals surface area contributed by atoms with Crippen molar-refractivity contribution >= 4 is 5.97 Å². The first kappa shape index (κ1) is 57.6. The molecule has 2 spiro atoms. The van der Waals surface area contributed by atoms with E-state index >= 15 is 0 Å². The zero-order chi connectivity index (χ0) is 55.0. The SMILES string of the molecule is CC1CC2(CC(C)C3(CCC4(C)C5=C(CCC43C)C3(C)CCC(OC4OC(COC6OCC(O)C(O)C6OC6OC(CO)C(O)C(O)C6OC6OC(C)C(O)C(O)C6O)C(O)C(O)C4O)C(C)(CO)C3CC5)O2)OC1=O. The van der Waals surface area contributed by atoms with E-state index in [0.717, 1.165) is 38.5 Å². The maximum absolute atomic E-state index is 12.7. The third kappa shape index (κ3) is 8.83. The first-order valence-corrected chi connectivity index (χ1v) is 27.6. The standard InChI is InChI=1S/C53H84O23/c1-22-16-52(75-43(22)66)17-23(2)53(76-52)15-14-50(6)26-8-9-30-48(4,25(26)10-13-51(50,53)7)12-11-31(49(30,5)21-55)72-45-40(65)37(62)35(60)29(71-45)20-68-46-41(33(58)27(56)19-67-46)74-47-42(38(63)34(59)28(18-54)70-47)73-44-39(64)36(61)32(57)24(3)69-44/h22-24,27-42,44-47,54-65H,8-21H2,1-7H3. The number of carbonyl (C=O) groups excluding carboxylic acids is 1. The van der Waals surface area contributed by atoms with Crippen LogP contribution in [0.5, 0.6) is 0 Å². The molecule has 12 N–H and O–H groups in total. The monoisotopic (exact) mass is 1090 g/mol. The third-order valence-electron chi connectivity index (χ3n) is 21.1. The summed E-state index contributed by atoms with van der Waals surface area (Å²) in [7, 11) is 0. The highest BCUT2D eigenvalue weighted by Gasteiger charge is 2.75. The van der Waals surface area contributed by atoms with Gasteiger partial charge in [0.25, 0.3) is 0 Å². The van der Waals surface area contributed by atoms with E-state index in [4.69, 9.17) is 47.4 Å². The van der Waals surface area contributed by atoms with Crippen LogP contribution in [0.25, 0.3) is 0 Å². The van der Waals surface area contributed by atoms with E-state index in [1.54, 1.807) is 0 Å². The molecule has 8 fully saturated rings. The molecule has 0 amide bonds. The third-order valence-corrected chi connectivity index (χ3v) is 21.1. The highest BCUT2D eigenvalue weighted by Crippen LogP contribution is 2.76. The van der Waals surface area contributed by atoms with E-state index in [1.807, 2.05) is 13.8 Å². The van der Waals surface area contributed by atoms with Gasteiger partial charge in [-0.2, -0.15) is 0 Å². The molecule has 6 saturated heterocycles. The van der Waals surface area contributed by atoms with Crippen LogP contribution in [0.3, 0.4) is 0 Å². The molecule has 29 unspecified atom stereocenters. The lowest BCUT2D eigenvalue weighted by atomic mass is 9.42. The summed E-state index contributed by atoms with van der Waals surface area (Å²) < 4.78 is 61.0. The van der Waals surface area contributed by atoms with Gasteiger partial charge in [-0.25, -0.2) is 0 Å². The minimum Gasteiger partial charge on any atom is -0.433 e. The Hall–Kier alpha value is -1.63. The number of allylic oxidation sites excluding steroid dienone is 2. The second kappa shape index (κ2) is 20.7. The predicted molar refractivity (Wildman–Crippen MR) is 256 cm³/mol. The smallest absolute Gasteiger partial charge is 0.311 e. The molecular formula is C53H84O23. The van der Waals surface area contributed by atoms with Crippen molar-refractivity contribution in [3.8, 4) is 0 Å². The van der Waals surface area contributed by atoms with Gasteiger partial charge in [-0.15, -0.1) is 0 Å². The number of aliphatic hydroxyl groups excluding tert-OH is 12. The molecule has 29 atom stereocenters. The zero-order valence-corrected chi connectivity index (χ0v) is 44.5. The fourth-order valence-electron chi connectivity index (χ4n) is 16.4. The summed E-state index contributed by atoms with van der Waals surface area (Å²) in [6, 6.07) is 0. The van der Waals surface area contributed by atoms with Gasteiger partial charge in [0.15, 0.2) is 25.2 Å². The minimum atomic E-state index is -1.91. The summed E-state index contributed by atoms with van der Waals surface area (Å²) in [5.41, 5.74) is 0.919. The van der Waals surface area contributed by atoms with Crippen molar-refractivity contribution in [1.29, 1.82) is 0 Å². The van der Waals surface area contributed by atoms with Crippen molar-refractivity contribution in [2.75, 3.05) is 26.4 Å². The molecule has 6 heterocycles. The van der Waals surface area contributed by atoms with Gasteiger partial charge in [-0.05, 0) is 81.0 Å². The Bertz CT molecular complexity index is 2150. The highest BCUT2D eigenvalue weighted by molar-refractivity contribution is 5.74. The summed E-state index contributed by atoms with van der Waals surface area (Å²) >= 11 is 0. The molecule has 0 aromatic rings. The quantitative estimate of drug-likeness (QED) is 0.0827. The van der Waals surface area contributed by atoms with E-state index in [9.17, 15) is 66.1 Å². The molecule has 434 valence electrons. The Kier molecular flexibility index (Phi) is 15.7. The number of esters is 1. The van der Waals surface area contributed by atoms with Crippen molar-refractivity contribution in [2.45, 2.75) is 247 Å². The van der Waals surface area contributed by atoms with Gasteiger partial charge in [0.05, 0.1) is 50.2 Å². The molecule has 0 bridgehead atoms. The number of aliphatic hydroxyl groups is 12. The fourth-order valence-corrected chi connectivity index (χ4v) is 16.4. The Morgan fingerprint density at radius 3 is 1.93 bits per heavy atom. The molecule has 0 aromatic heterocycles. The van der Waals surface area contributed by atoms with Crippen molar-refractivity contribution in [3.05, 3.63) is 11.1 Å². The van der Waals surface area contributed by atoms with Crippen LogP contribution >= 0.6 is 0 Å². The van der Waals surface area contributed by atoms with E-state index in [1.165, 1.54) is 18.1 Å². The Balaban J connectivity index is 0.830. The van der Waals surface area contributed by atoms with Gasteiger partial charge >= 0.3 is 5.97 Å². The average Bonchev–Trinajstić information content (AvgIpc) is 4.10. The lowest BCUT2D eigenvalue weighted by Crippen LogP contribution is -2.66. The molecule has 0 radical (unpaired) electrons. The summed E-state index contributed by atoms with van der Waals surface area (Å²) in [4.78, 5) is 12.7. The summed E-state index contributed by atoms with van der Waals surface area (Å²) in [6.45, 7) is 12.5. The molecule has 23 nitrogen and oxygen atoms in total. The number of ether oxygens (including phenoxy) is 10. The summed E-state index contributed by atoms with van der Waals surface area (Å²) in [5, 5.41) is 131. The van der Waals surface area contributed by atoms with Crippen molar-refractivity contribution in [2.24, 2.45) is 39.4 Å². The van der Waals surface area contributed by atoms with E-state index in [0.29, 0.717) is 25.7 Å². The van der Waals surface area contributed by atoms with Crippen LogP contribution in [-0.4, -0.2) is 228 Å². The van der Waals surface area contributed by atoms with Gasteiger partial charge in [0, 0.05) is 23.7 Å². The molecule has 10 aliphatic rings. The molecule has 23 heteroatoms. The van der Waals surface area contributed by atoms with Gasteiger partial charge in [0.2, 0.25) is 5.79 Å². The van der Waals surface area contributed by atoms with Crippen LogP contribution in [0.15, 0.2) is 11.1 Å². The largest absolute Gasteiger partial charge is 0.433 e. The van der Waals surface area contributed by atoms with Crippen LogP contribution in [0.4, 0.5) is 0 Å². The van der Waals surface area contributed by atoms with E-state index < -0.39 is 159 Å². The normalized spacial score (nSPS) is 56.4. The van der Waals surface area contributed by atoms with Crippen molar-refractivity contribution < 1.29 is 113 Å². The van der Waals surface area contributed by atoms with Gasteiger partial charge in [-0.3, -0.25) is 4.79 Å². The molecule has 76 heavy (non-hydrogen) atoms. The zero-order valence-electron chi connectivity index (χ0n) is 44.5. The van der Waals surface area contributed by atoms with Crippen LogP contribution in [-0.2, 0) is 52.2 Å². The number of rotatable bonds is 11.